The molecule has 0 aliphatic rings. The minimum Gasteiger partial charge on any atom is -0.449 e. The van der Waals surface area contributed by atoms with E-state index in [-0.39, 0.29) is 5.56 Å². The number of anilines is 2. The summed E-state index contributed by atoms with van der Waals surface area (Å²) in [5, 5.41) is 2.06. The summed E-state index contributed by atoms with van der Waals surface area (Å²) in [5.41, 5.74) is 0.446. The van der Waals surface area contributed by atoms with Crippen LogP contribution in [0, 0.1) is 17.5 Å². The first-order chi connectivity index (χ1) is 12.2. The molecule has 26 heavy (non-hydrogen) atoms. The molecule has 1 amide bonds. The molecule has 1 N–H and O–H groups in total. The molecule has 0 saturated heterocycles. The molecule has 5 nitrogen and oxygen atoms in total. The van der Waals surface area contributed by atoms with Crippen LogP contribution in [0.2, 0.25) is 0 Å². The molecule has 0 bridgehead atoms. The van der Waals surface area contributed by atoms with Crippen LogP contribution in [0.1, 0.15) is 17.3 Å². The summed E-state index contributed by atoms with van der Waals surface area (Å²) < 4.78 is 44.7. The van der Waals surface area contributed by atoms with Gasteiger partial charge in [0.25, 0.3) is 5.91 Å². The third-order valence-electron chi connectivity index (χ3n) is 3.54. The first-order valence-electron chi connectivity index (χ1n) is 7.63. The van der Waals surface area contributed by atoms with Gasteiger partial charge in [-0.1, -0.05) is 6.07 Å². The Balaban J connectivity index is 2.06. The molecule has 2 aromatic carbocycles. The molecular formula is C18H17F3N2O3. The molecule has 0 aliphatic carbocycles. The van der Waals surface area contributed by atoms with E-state index in [2.05, 4.69) is 5.32 Å². The lowest BCUT2D eigenvalue weighted by Gasteiger charge is -2.16. The van der Waals surface area contributed by atoms with Gasteiger partial charge in [-0.25, -0.2) is 18.0 Å². The highest BCUT2D eigenvalue weighted by Crippen LogP contribution is 2.20. The number of nitrogens with one attached hydrogen (secondary N) is 1. The van der Waals surface area contributed by atoms with Gasteiger partial charge in [-0.3, -0.25) is 4.79 Å². The average molecular weight is 366 g/mol. The van der Waals surface area contributed by atoms with Crippen molar-refractivity contribution >= 4 is 23.3 Å². The molecular weight excluding hydrogens is 349 g/mol. The van der Waals surface area contributed by atoms with Crippen LogP contribution in [0.15, 0.2) is 36.4 Å². The van der Waals surface area contributed by atoms with Crippen molar-refractivity contribution in [2.75, 3.05) is 24.3 Å². The molecule has 0 heterocycles. The highest BCUT2D eigenvalue weighted by atomic mass is 19.2. The zero-order valence-electron chi connectivity index (χ0n) is 14.3. The number of hydrogen-bond donors (Lipinski definition) is 1. The number of benzene rings is 2. The van der Waals surface area contributed by atoms with Crippen molar-refractivity contribution in [2.45, 2.75) is 13.0 Å². The molecule has 0 aromatic heterocycles. The molecule has 8 heteroatoms. The molecule has 0 spiro atoms. The lowest BCUT2D eigenvalue weighted by Crippen LogP contribution is -2.30. The van der Waals surface area contributed by atoms with E-state index >= 15 is 0 Å². The van der Waals surface area contributed by atoms with Gasteiger partial charge in [0.15, 0.2) is 23.6 Å². The number of rotatable bonds is 5. The maximum absolute atomic E-state index is 13.6. The third-order valence-corrected chi connectivity index (χ3v) is 3.54. The fourth-order valence-corrected chi connectivity index (χ4v) is 2.05. The van der Waals surface area contributed by atoms with Gasteiger partial charge in [-0.05, 0) is 37.3 Å². The second-order valence-corrected chi connectivity index (χ2v) is 5.70. The molecule has 0 fully saturated rings. The zero-order valence-corrected chi connectivity index (χ0v) is 14.3. The van der Waals surface area contributed by atoms with Crippen molar-refractivity contribution in [3.8, 4) is 0 Å². The number of carbonyl (C=O) groups excluding carboxylic acids is 2. The van der Waals surface area contributed by atoms with Crippen LogP contribution in [0.4, 0.5) is 24.5 Å². The topological polar surface area (TPSA) is 58.6 Å². The molecule has 0 aliphatic heterocycles. The number of hydrogen-bond acceptors (Lipinski definition) is 4. The molecule has 2 aromatic rings. The summed E-state index contributed by atoms with van der Waals surface area (Å²) >= 11 is 0. The standard InChI is InChI=1S/C18H17F3N2O3/c1-10(17(24)22-14-8-7-13(19)15(20)16(14)21)26-18(25)11-5-4-6-12(9-11)23(2)3/h4-10H,1-3H3,(H,22,24)/t10-/m1/s1. The average Bonchev–Trinajstić information content (AvgIpc) is 2.62. The second-order valence-electron chi connectivity index (χ2n) is 5.70. The van der Waals surface area contributed by atoms with Gasteiger partial charge >= 0.3 is 5.97 Å². The number of esters is 1. The predicted molar refractivity (Wildman–Crippen MR) is 90.6 cm³/mol. The highest BCUT2D eigenvalue weighted by Gasteiger charge is 2.22. The quantitative estimate of drug-likeness (QED) is 0.651. The van der Waals surface area contributed by atoms with E-state index in [1.54, 1.807) is 37.2 Å². The van der Waals surface area contributed by atoms with Crippen LogP contribution in [0.25, 0.3) is 0 Å². The maximum Gasteiger partial charge on any atom is 0.338 e. The van der Waals surface area contributed by atoms with Crippen molar-refractivity contribution < 1.29 is 27.5 Å². The first-order valence-corrected chi connectivity index (χ1v) is 7.63. The summed E-state index contributed by atoms with van der Waals surface area (Å²) in [7, 11) is 3.60. The Morgan fingerprint density at radius 1 is 1.08 bits per heavy atom. The number of halogens is 3. The van der Waals surface area contributed by atoms with Crippen LogP contribution in [0.3, 0.4) is 0 Å². The number of ether oxygens (including phenoxy) is 1. The van der Waals surface area contributed by atoms with Crippen molar-refractivity contribution in [3.05, 3.63) is 59.4 Å². The van der Waals surface area contributed by atoms with Gasteiger partial charge in [-0.2, -0.15) is 0 Å². The number of amides is 1. The molecule has 0 saturated carbocycles. The van der Waals surface area contributed by atoms with Crippen LogP contribution < -0.4 is 10.2 Å². The van der Waals surface area contributed by atoms with E-state index in [0.717, 1.165) is 11.8 Å². The normalized spacial score (nSPS) is 11.6. The monoisotopic (exact) mass is 366 g/mol. The Bertz CT molecular complexity index is 840. The summed E-state index contributed by atoms with van der Waals surface area (Å²) in [6.07, 6.45) is -1.28. The lowest BCUT2D eigenvalue weighted by atomic mass is 10.2. The van der Waals surface area contributed by atoms with Gasteiger partial charge in [-0.15, -0.1) is 0 Å². The largest absolute Gasteiger partial charge is 0.449 e. The van der Waals surface area contributed by atoms with Gasteiger partial charge in [0, 0.05) is 19.8 Å². The minimum atomic E-state index is -1.70. The Hall–Kier alpha value is -3.03. The summed E-state index contributed by atoms with van der Waals surface area (Å²) in [4.78, 5) is 26.0. The second kappa shape index (κ2) is 7.90. The lowest BCUT2D eigenvalue weighted by molar-refractivity contribution is -0.123. The summed E-state index contributed by atoms with van der Waals surface area (Å²) in [6.45, 7) is 1.28. The summed E-state index contributed by atoms with van der Waals surface area (Å²) in [5.74, 6) is -6.24. The Morgan fingerprint density at radius 3 is 2.42 bits per heavy atom. The first kappa shape index (κ1) is 19.3. The number of nitrogens with zero attached hydrogens (tertiary/aromatic N) is 1. The molecule has 138 valence electrons. The van der Waals surface area contributed by atoms with Crippen molar-refractivity contribution in [2.24, 2.45) is 0 Å². The SMILES string of the molecule is C[C@@H](OC(=O)c1cccc(N(C)C)c1)C(=O)Nc1ccc(F)c(F)c1F. The van der Waals surface area contributed by atoms with Crippen LogP contribution >= 0.6 is 0 Å². The predicted octanol–water partition coefficient (Wildman–Crippen LogP) is 3.35. The number of carbonyl (C=O) groups is 2. The van der Waals surface area contributed by atoms with E-state index in [1.165, 1.54) is 13.0 Å². The van der Waals surface area contributed by atoms with Crippen molar-refractivity contribution in [1.29, 1.82) is 0 Å². The van der Waals surface area contributed by atoms with E-state index in [0.29, 0.717) is 6.07 Å². The van der Waals surface area contributed by atoms with E-state index in [9.17, 15) is 22.8 Å². The Labute approximate surface area is 148 Å². The Morgan fingerprint density at radius 2 is 1.77 bits per heavy atom. The Kier molecular flexibility index (Phi) is 5.86. The van der Waals surface area contributed by atoms with Gasteiger partial charge in [0.2, 0.25) is 0 Å². The van der Waals surface area contributed by atoms with Crippen LogP contribution in [-0.4, -0.2) is 32.1 Å². The van der Waals surface area contributed by atoms with E-state index < -0.39 is 41.1 Å². The minimum absolute atomic E-state index is 0.231. The van der Waals surface area contributed by atoms with Crippen LogP contribution in [0.5, 0.6) is 0 Å². The molecule has 0 radical (unpaired) electrons. The fraction of sp³-hybridized carbons (Fsp3) is 0.222. The highest BCUT2D eigenvalue weighted by molar-refractivity contribution is 5.97. The van der Waals surface area contributed by atoms with Gasteiger partial charge in [0.1, 0.15) is 0 Å². The van der Waals surface area contributed by atoms with Gasteiger partial charge in [0.05, 0.1) is 11.3 Å². The third kappa shape index (κ3) is 4.33. The smallest absolute Gasteiger partial charge is 0.338 e. The molecule has 2 rings (SSSR count). The van der Waals surface area contributed by atoms with Gasteiger partial charge < -0.3 is 15.0 Å². The van der Waals surface area contributed by atoms with Crippen LogP contribution in [-0.2, 0) is 9.53 Å². The fourth-order valence-electron chi connectivity index (χ4n) is 2.05. The molecule has 1 atom stereocenters. The molecule has 0 unspecified atom stereocenters. The van der Waals surface area contributed by atoms with Crippen molar-refractivity contribution in [1.82, 2.24) is 0 Å². The van der Waals surface area contributed by atoms with Crippen molar-refractivity contribution in [3.63, 3.8) is 0 Å². The summed E-state index contributed by atoms with van der Waals surface area (Å²) in [6, 6.07) is 8.11. The maximum atomic E-state index is 13.6. The zero-order chi connectivity index (χ0) is 19.4. The van der Waals surface area contributed by atoms with E-state index in [4.69, 9.17) is 4.74 Å². The van der Waals surface area contributed by atoms with E-state index in [1.807, 2.05) is 0 Å².